The van der Waals surface area contributed by atoms with Gasteiger partial charge in [0.25, 0.3) is 0 Å². The fraction of sp³-hybridized carbons (Fsp3) is 0.571. The smallest absolute Gasteiger partial charge is 0.209 e. The average molecular weight is 216 g/mol. The van der Waals surface area contributed by atoms with Crippen molar-refractivity contribution in [2.75, 3.05) is 0 Å². The molecule has 2 heteroatoms. The van der Waals surface area contributed by atoms with E-state index < -0.39 is 0 Å². The molecule has 1 heterocycles. The molecule has 0 atom stereocenters. The number of nitrogens with zero attached hydrogens (tertiary/aromatic N) is 2. The van der Waals surface area contributed by atoms with Crippen LogP contribution in [0.1, 0.15) is 52.8 Å². The molecular weight excluding hydrogens is 196 g/mol. The highest BCUT2D eigenvalue weighted by molar-refractivity contribution is 5.54. The number of hydrogen-bond acceptors (Lipinski definition) is 1. The van der Waals surface area contributed by atoms with Crippen molar-refractivity contribution in [3.8, 4) is 0 Å². The maximum Gasteiger partial charge on any atom is 0.209 e. The normalized spacial score (nSPS) is 12.3. The fourth-order valence-electron chi connectivity index (χ4n) is 1.53. The van der Waals surface area contributed by atoms with Crippen LogP contribution in [-0.2, 0) is 10.8 Å². The Labute approximate surface area is 98.5 Å². The summed E-state index contributed by atoms with van der Waals surface area (Å²) in [6, 6.07) is 1.97. The van der Waals surface area contributed by atoms with Gasteiger partial charge in [-0.05, 0) is 22.5 Å². The van der Waals surface area contributed by atoms with Crippen molar-refractivity contribution in [3.05, 3.63) is 34.9 Å². The van der Waals surface area contributed by atoms with Crippen molar-refractivity contribution in [1.29, 1.82) is 0 Å². The summed E-state index contributed by atoms with van der Waals surface area (Å²) >= 11 is 0. The summed E-state index contributed by atoms with van der Waals surface area (Å²) in [5.41, 5.74) is 2.65. The van der Waals surface area contributed by atoms with E-state index in [9.17, 15) is 0 Å². The van der Waals surface area contributed by atoms with Gasteiger partial charge in [0.15, 0.2) is 0 Å². The lowest BCUT2D eigenvalue weighted by atomic mass is 9.85. The van der Waals surface area contributed by atoms with Gasteiger partial charge in [-0.25, -0.2) is 4.85 Å². The highest BCUT2D eigenvalue weighted by Gasteiger charge is 2.22. The Morgan fingerprint density at radius 3 is 2.00 bits per heavy atom. The summed E-state index contributed by atoms with van der Waals surface area (Å²) in [6.45, 7) is 19.9. The molecule has 0 fully saturated rings. The van der Waals surface area contributed by atoms with E-state index in [-0.39, 0.29) is 10.8 Å². The summed E-state index contributed by atoms with van der Waals surface area (Å²) in [6.07, 6.45) is 1.90. The maximum atomic E-state index is 7.25. The minimum Gasteiger partial charge on any atom is -0.272 e. The van der Waals surface area contributed by atoms with Gasteiger partial charge in [0.05, 0.1) is 12.3 Å². The molecule has 86 valence electrons. The molecule has 0 aromatic carbocycles. The van der Waals surface area contributed by atoms with Gasteiger partial charge >= 0.3 is 0 Å². The fourth-order valence-corrected chi connectivity index (χ4v) is 1.53. The second-order valence-corrected chi connectivity index (χ2v) is 6.20. The Morgan fingerprint density at radius 2 is 1.62 bits per heavy atom. The molecule has 0 saturated carbocycles. The van der Waals surface area contributed by atoms with Crippen LogP contribution in [0.15, 0.2) is 12.3 Å². The molecule has 0 spiro atoms. The van der Waals surface area contributed by atoms with Crippen LogP contribution in [0.4, 0.5) is 5.69 Å². The van der Waals surface area contributed by atoms with E-state index in [0.717, 1.165) is 11.3 Å². The van der Waals surface area contributed by atoms with Crippen LogP contribution < -0.4 is 0 Å². The molecule has 0 N–H and O–H groups in total. The number of rotatable bonds is 0. The average Bonchev–Trinajstić information content (AvgIpc) is 2.14. The molecule has 0 aliphatic carbocycles. The third kappa shape index (κ3) is 2.61. The summed E-state index contributed by atoms with van der Waals surface area (Å²) in [4.78, 5) is 8.07. The molecule has 0 aliphatic rings. The Balaban J connectivity index is 3.36. The lowest BCUT2D eigenvalue weighted by molar-refractivity contribution is 0.560. The van der Waals surface area contributed by atoms with Gasteiger partial charge in [-0.2, -0.15) is 0 Å². The Morgan fingerprint density at radius 1 is 1.06 bits per heavy atom. The first-order chi connectivity index (χ1) is 7.16. The Hall–Kier alpha value is -1.36. The quantitative estimate of drug-likeness (QED) is 0.593. The monoisotopic (exact) mass is 216 g/mol. The highest BCUT2D eigenvalue weighted by Crippen LogP contribution is 2.33. The van der Waals surface area contributed by atoms with E-state index >= 15 is 0 Å². The van der Waals surface area contributed by atoms with Crippen LogP contribution in [0.2, 0.25) is 0 Å². The number of aromatic nitrogens is 1. The minimum atomic E-state index is -0.0731. The molecule has 0 aliphatic heterocycles. The van der Waals surface area contributed by atoms with Crippen LogP contribution in [0, 0.1) is 6.57 Å². The van der Waals surface area contributed by atoms with Crippen LogP contribution in [-0.4, -0.2) is 4.98 Å². The largest absolute Gasteiger partial charge is 0.272 e. The predicted octanol–water partition coefficient (Wildman–Crippen LogP) is 4.23. The topological polar surface area (TPSA) is 17.2 Å². The second kappa shape index (κ2) is 3.90. The van der Waals surface area contributed by atoms with Gasteiger partial charge in [0.1, 0.15) is 0 Å². The van der Waals surface area contributed by atoms with Crippen LogP contribution in [0.3, 0.4) is 0 Å². The van der Waals surface area contributed by atoms with Crippen molar-refractivity contribution < 1.29 is 0 Å². The molecule has 1 rings (SSSR count). The first-order valence-corrected chi connectivity index (χ1v) is 5.55. The van der Waals surface area contributed by atoms with Crippen molar-refractivity contribution in [2.45, 2.75) is 52.4 Å². The van der Waals surface area contributed by atoms with Crippen molar-refractivity contribution in [3.63, 3.8) is 0 Å². The van der Waals surface area contributed by atoms with Crippen LogP contribution >= 0.6 is 0 Å². The van der Waals surface area contributed by atoms with Crippen LogP contribution in [0.5, 0.6) is 0 Å². The lowest BCUT2D eigenvalue weighted by Crippen LogP contribution is -2.16. The second-order valence-electron chi connectivity index (χ2n) is 6.20. The molecule has 1 aromatic heterocycles. The van der Waals surface area contributed by atoms with E-state index in [1.54, 1.807) is 0 Å². The Bertz CT molecular complexity index is 426. The van der Waals surface area contributed by atoms with Gasteiger partial charge in [-0.15, -0.1) is 0 Å². The van der Waals surface area contributed by atoms with Crippen molar-refractivity contribution in [1.82, 2.24) is 4.98 Å². The zero-order chi connectivity index (χ0) is 12.6. The zero-order valence-corrected chi connectivity index (χ0v) is 11.0. The first kappa shape index (κ1) is 12.7. The summed E-state index contributed by atoms with van der Waals surface area (Å²) in [5, 5.41) is 0. The lowest BCUT2D eigenvalue weighted by Gasteiger charge is -2.23. The molecule has 16 heavy (non-hydrogen) atoms. The molecule has 0 amide bonds. The third-order valence-corrected chi connectivity index (χ3v) is 2.56. The minimum absolute atomic E-state index is 0.0445. The van der Waals surface area contributed by atoms with Gasteiger partial charge in [0, 0.05) is 6.20 Å². The van der Waals surface area contributed by atoms with Crippen molar-refractivity contribution in [2.24, 2.45) is 0 Å². The molecule has 0 bridgehead atoms. The first-order valence-electron chi connectivity index (χ1n) is 5.55. The molecule has 0 radical (unpaired) electrons. The van der Waals surface area contributed by atoms with E-state index in [1.807, 2.05) is 12.3 Å². The van der Waals surface area contributed by atoms with E-state index in [0.29, 0.717) is 5.69 Å². The number of hydrogen-bond donors (Lipinski definition) is 0. The van der Waals surface area contributed by atoms with E-state index in [2.05, 4.69) is 51.4 Å². The zero-order valence-electron chi connectivity index (χ0n) is 11.0. The molecule has 2 nitrogen and oxygen atoms in total. The summed E-state index contributed by atoms with van der Waals surface area (Å²) < 4.78 is 0. The summed E-state index contributed by atoms with van der Waals surface area (Å²) in [7, 11) is 0. The standard InChI is InChI=1S/C14H20N2/c1-13(2,3)10-8-11(15-7)12(16-9-10)14(4,5)6/h8-9H,1-6H3. The molecule has 0 unspecified atom stereocenters. The van der Waals surface area contributed by atoms with Gasteiger partial charge < -0.3 is 0 Å². The van der Waals surface area contributed by atoms with Gasteiger partial charge in [0.2, 0.25) is 5.69 Å². The molecular formula is C14H20N2. The predicted molar refractivity (Wildman–Crippen MR) is 67.9 cm³/mol. The Kier molecular flexibility index (Phi) is 3.10. The van der Waals surface area contributed by atoms with E-state index in [4.69, 9.17) is 6.57 Å². The van der Waals surface area contributed by atoms with Crippen molar-refractivity contribution >= 4 is 5.69 Å². The summed E-state index contributed by atoms with van der Waals surface area (Å²) in [5.74, 6) is 0. The van der Waals surface area contributed by atoms with E-state index in [1.165, 1.54) is 0 Å². The molecule has 0 saturated heterocycles. The van der Waals surface area contributed by atoms with Crippen LogP contribution in [0.25, 0.3) is 4.85 Å². The van der Waals surface area contributed by atoms with Gasteiger partial charge in [-0.1, -0.05) is 41.5 Å². The van der Waals surface area contributed by atoms with Gasteiger partial charge in [-0.3, -0.25) is 4.98 Å². The molecule has 1 aromatic rings. The third-order valence-electron chi connectivity index (χ3n) is 2.56. The SMILES string of the molecule is [C-]#[N+]c1cc(C(C)(C)C)cnc1C(C)(C)C. The highest BCUT2D eigenvalue weighted by atomic mass is 14.8. The number of pyridine rings is 1. The maximum absolute atomic E-state index is 7.25.